The summed E-state index contributed by atoms with van der Waals surface area (Å²) in [7, 11) is 1.36. The molecule has 4 rings (SSSR count). The average molecular weight is 836 g/mol. The Morgan fingerprint density at radius 2 is 1.52 bits per heavy atom. The minimum absolute atomic E-state index is 0.0139. The number of unbranched alkanes of at least 4 members (excludes halogenated alkanes) is 10. The average Bonchev–Trinajstić information content (AvgIpc) is 3.51. The van der Waals surface area contributed by atoms with Gasteiger partial charge in [-0.2, -0.15) is 0 Å². The molecular formula is C49H90NO7P. The zero-order valence-corrected chi connectivity index (χ0v) is 39.9. The van der Waals surface area contributed by atoms with E-state index in [0.29, 0.717) is 22.9 Å². The number of fused-ring (bicyclic) bond motifs is 5. The molecule has 9 heteroatoms. The molecule has 3 fully saturated rings. The summed E-state index contributed by atoms with van der Waals surface area (Å²) in [5.74, 6) is 4.52. The van der Waals surface area contributed by atoms with Crippen LogP contribution in [0, 0.1) is 46.3 Å². The number of phosphoric ester groups is 1. The number of hydrogen-bond donors (Lipinski definition) is 0. The maximum atomic E-state index is 13.0. The number of likely N-dealkylation sites (N-methyl/N-ethyl adjacent to an activating group) is 1. The molecule has 10 atom stereocenters. The van der Waals surface area contributed by atoms with E-state index in [2.05, 4.69) is 47.6 Å². The number of quaternary nitrogens is 1. The minimum Gasteiger partial charge on any atom is -0.756 e. The molecule has 338 valence electrons. The Balaban J connectivity index is 1.28. The van der Waals surface area contributed by atoms with Crippen LogP contribution < -0.4 is 4.89 Å². The largest absolute Gasteiger partial charge is 0.756 e. The van der Waals surface area contributed by atoms with Crippen LogP contribution in [-0.4, -0.2) is 70.2 Å². The van der Waals surface area contributed by atoms with Gasteiger partial charge < -0.3 is 27.9 Å². The maximum absolute atomic E-state index is 13.0. The molecule has 0 spiro atoms. The van der Waals surface area contributed by atoms with E-state index in [4.69, 9.17) is 18.5 Å². The molecule has 0 aromatic carbocycles. The second-order valence-electron chi connectivity index (χ2n) is 21.5. The van der Waals surface area contributed by atoms with Gasteiger partial charge in [-0.15, -0.1) is 0 Å². The molecule has 0 saturated heterocycles. The van der Waals surface area contributed by atoms with Gasteiger partial charge in [-0.25, -0.2) is 0 Å². The molecule has 6 unspecified atom stereocenters. The van der Waals surface area contributed by atoms with Gasteiger partial charge in [-0.1, -0.05) is 137 Å². The highest BCUT2D eigenvalue weighted by Gasteiger charge is 2.59. The smallest absolute Gasteiger partial charge is 0.306 e. The molecule has 0 bridgehead atoms. The number of phosphoric acid groups is 1. The van der Waals surface area contributed by atoms with E-state index in [9.17, 15) is 14.3 Å². The fraction of sp³-hybridized carbons (Fsp3) is 0.939. The minimum atomic E-state index is -4.57. The molecule has 0 aromatic rings. The topological polar surface area (TPSA) is 94.1 Å². The van der Waals surface area contributed by atoms with Crippen LogP contribution in [0.25, 0.3) is 0 Å². The van der Waals surface area contributed by atoms with Crippen molar-refractivity contribution in [3.8, 4) is 0 Å². The highest BCUT2D eigenvalue weighted by atomic mass is 31.2. The predicted octanol–water partition coefficient (Wildman–Crippen LogP) is 12.2. The van der Waals surface area contributed by atoms with Gasteiger partial charge in [0.15, 0.2) is 0 Å². The zero-order valence-electron chi connectivity index (χ0n) is 39.0. The summed E-state index contributed by atoms with van der Waals surface area (Å²) in [4.78, 5) is 25.7. The van der Waals surface area contributed by atoms with Crippen molar-refractivity contribution >= 4 is 13.8 Å². The Labute approximate surface area is 356 Å². The van der Waals surface area contributed by atoms with Crippen molar-refractivity contribution in [3.63, 3.8) is 0 Å². The Kier molecular flexibility index (Phi) is 20.3. The SMILES string of the molecule is CCCCCCCCCCCCCC(=O)OC(COC1CC[C@@]2(C)C(=CCC3C2CC[C@@]2(C)C3CC[C@@H]2[C@H](C)CCCC(C)C)C1)COP(=O)([O-])OCC[N+](C)(C)C. The first-order valence-corrected chi connectivity index (χ1v) is 25.8. The van der Waals surface area contributed by atoms with Crippen LogP contribution >= 0.6 is 7.82 Å². The molecule has 0 N–H and O–H groups in total. The van der Waals surface area contributed by atoms with E-state index in [1.165, 1.54) is 103 Å². The second kappa shape index (κ2) is 23.6. The highest BCUT2D eigenvalue weighted by molar-refractivity contribution is 7.45. The fourth-order valence-corrected chi connectivity index (χ4v) is 12.7. The third-order valence-electron chi connectivity index (χ3n) is 15.5. The quantitative estimate of drug-likeness (QED) is 0.0255. The van der Waals surface area contributed by atoms with Crippen LogP contribution in [0.5, 0.6) is 0 Å². The Morgan fingerprint density at radius 1 is 0.845 bits per heavy atom. The normalized spacial score (nSPS) is 30.5. The van der Waals surface area contributed by atoms with Crippen LogP contribution in [0.15, 0.2) is 11.6 Å². The molecule has 0 aromatic heterocycles. The van der Waals surface area contributed by atoms with Gasteiger partial charge in [0, 0.05) is 6.42 Å². The number of carbonyl (C=O) groups is 1. The molecule has 58 heavy (non-hydrogen) atoms. The lowest BCUT2D eigenvalue weighted by Gasteiger charge is -2.58. The number of carbonyl (C=O) groups excluding carboxylic acids is 1. The van der Waals surface area contributed by atoms with Crippen molar-refractivity contribution in [2.24, 2.45) is 46.3 Å². The summed E-state index contributed by atoms with van der Waals surface area (Å²) in [5.41, 5.74) is 2.25. The maximum Gasteiger partial charge on any atom is 0.306 e. The summed E-state index contributed by atoms with van der Waals surface area (Å²) >= 11 is 0. The summed E-state index contributed by atoms with van der Waals surface area (Å²) in [6.45, 7) is 15.1. The number of esters is 1. The predicted molar refractivity (Wildman–Crippen MR) is 236 cm³/mol. The van der Waals surface area contributed by atoms with Crippen molar-refractivity contribution in [1.29, 1.82) is 0 Å². The molecule has 4 aliphatic rings. The number of hydrogen-bond acceptors (Lipinski definition) is 7. The third kappa shape index (κ3) is 15.2. The van der Waals surface area contributed by atoms with E-state index >= 15 is 0 Å². The lowest BCUT2D eigenvalue weighted by Crippen LogP contribution is -2.51. The Morgan fingerprint density at radius 3 is 2.17 bits per heavy atom. The standard InChI is InChI=1S/C49H90NO7P/c1-10-11-12-13-14-15-16-17-18-19-20-24-47(51)57-42(37-56-58(52,53)55-34-33-50(7,8)9)36-54-41-29-31-48(5)40(35-41)25-26-43-45-28-27-44(39(4)23-21-22-38(2)3)49(45,6)32-30-46(43)48/h25,38-39,41-46H,10-24,26-37H2,1-9H3/t39-,41?,42?,43?,44-,45?,46?,48+,49-/m1/s1. The van der Waals surface area contributed by atoms with E-state index in [0.717, 1.165) is 74.0 Å². The number of allylic oxidation sites excluding steroid dienone is 1. The van der Waals surface area contributed by atoms with Crippen molar-refractivity contribution in [2.45, 2.75) is 201 Å². The fourth-order valence-electron chi connectivity index (χ4n) is 12.0. The summed E-state index contributed by atoms with van der Waals surface area (Å²) in [6, 6.07) is 0. The molecular weight excluding hydrogens is 746 g/mol. The van der Waals surface area contributed by atoms with Gasteiger partial charge in [-0.3, -0.25) is 9.36 Å². The second-order valence-corrected chi connectivity index (χ2v) is 22.9. The van der Waals surface area contributed by atoms with E-state index in [1.54, 1.807) is 5.57 Å². The molecule has 0 radical (unpaired) electrons. The van der Waals surface area contributed by atoms with E-state index in [1.807, 2.05) is 21.1 Å². The van der Waals surface area contributed by atoms with E-state index < -0.39 is 13.9 Å². The summed E-state index contributed by atoms with van der Waals surface area (Å²) in [5, 5.41) is 0. The van der Waals surface area contributed by atoms with Crippen LogP contribution in [0.3, 0.4) is 0 Å². The van der Waals surface area contributed by atoms with Crippen molar-refractivity contribution in [1.82, 2.24) is 0 Å². The lowest BCUT2D eigenvalue weighted by molar-refractivity contribution is -0.870. The monoisotopic (exact) mass is 836 g/mol. The summed E-state index contributed by atoms with van der Waals surface area (Å²) < 4.78 is 36.1. The molecule has 8 nitrogen and oxygen atoms in total. The van der Waals surface area contributed by atoms with Gasteiger partial charge in [-0.05, 0) is 104 Å². The van der Waals surface area contributed by atoms with Crippen molar-refractivity contribution in [2.75, 3.05) is 47.5 Å². The van der Waals surface area contributed by atoms with Crippen LogP contribution in [0.4, 0.5) is 0 Å². The van der Waals surface area contributed by atoms with Crippen molar-refractivity contribution < 1.29 is 37.3 Å². The first-order chi connectivity index (χ1) is 27.5. The molecule has 0 heterocycles. The van der Waals surface area contributed by atoms with Crippen LogP contribution in [0.2, 0.25) is 0 Å². The molecule has 0 amide bonds. The lowest BCUT2D eigenvalue weighted by atomic mass is 9.47. The van der Waals surface area contributed by atoms with Crippen LogP contribution in [0.1, 0.15) is 189 Å². The number of nitrogens with zero attached hydrogens (tertiary/aromatic N) is 1. The van der Waals surface area contributed by atoms with Gasteiger partial charge in [0.2, 0.25) is 0 Å². The molecule has 3 saturated carbocycles. The van der Waals surface area contributed by atoms with Gasteiger partial charge in [0.1, 0.15) is 19.3 Å². The first-order valence-electron chi connectivity index (χ1n) is 24.4. The Hall–Kier alpha value is -0.760. The highest BCUT2D eigenvalue weighted by Crippen LogP contribution is 2.67. The van der Waals surface area contributed by atoms with Gasteiger partial charge >= 0.3 is 5.97 Å². The molecule has 0 aliphatic heterocycles. The number of rotatable bonds is 28. The molecule has 4 aliphatic carbocycles. The first kappa shape index (κ1) is 49.9. The van der Waals surface area contributed by atoms with Gasteiger partial charge in [0.05, 0.1) is 40.5 Å². The number of ether oxygens (including phenoxy) is 2. The van der Waals surface area contributed by atoms with Gasteiger partial charge in [0.25, 0.3) is 7.82 Å². The third-order valence-corrected chi connectivity index (χ3v) is 16.5. The Bertz CT molecular complexity index is 1300. The van der Waals surface area contributed by atoms with E-state index in [-0.39, 0.29) is 37.3 Å². The van der Waals surface area contributed by atoms with Crippen LogP contribution in [-0.2, 0) is 27.9 Å². The zero-order chi connectivity index (χ0) is 42.4. The van der Waals surface area contributed by atoms with Crippen molar-refractivity contribution in [3.05, 3.63) is 11.6 Å². The summed E-state index contributed by atoms with van der Waals surface area (Å²) in [6.07, 6.45) is 29.2.